The SMILES string of the molecule is C=CCc1cc(/C=N\NC(=O)CCCC(=O)Nc2ccc(Br)cc2)cc(OCC)c1OCc1ccc(Br)cc1. The average molecular weight is 657 g/mol. The number of halogens is 2. The average Bonchev–Trinajstić information content (AvgIpc) is 2.91. The second-order valence-electron chi connectivity index (χ2n) is 8.55. The molecule has 0 aliphatic heterocycles. The van der Waals surface area contributed by atoms with Crippen molar-refractivity contribution < 1.29 is 19.1 Å². The van der Waals surface area contributed by atoms with Crippen molar-refractivity contribution in [1.82, 2.24) is 5.43 Å². The third-order valence-electron chi connectivity index (χ3n) is 5.45. The molecular weight excluding hydrogens is 626 g/mol. The lowest BCUT2D eigenvalue weighted by Crippen LogP contribution is -2.18. The number of hydrogen-bond acceptors (Lipinski definition) is 5. The summed E-state index contributed by atoms with van der Waals surface area (Å²) in [6.45, 7) is 6.63. The molecule has 0 heterocycles. The summed E-state index contributed by atoms with van der Waals surface area (Å²) in [5.74, 6) is 0.837. The van der Waals surface area contributed by atoms with Gasteiger partial charge in [0.25, 0.3) is 0 Å². The van der Waals surface area contributed by atoms with Gasteiger partial charge in [-0.25, -0.2) is 5.43 Å². The molecule has 0 saturated heterocycles. The fourth-order valence-electron chi connectivity index (χ4n) is 3.63. The van der Waals surface area contributed by atoms with Crippen molar-refractivity contribution in [3.05, 3.63) is 99.0 Å². The molecular formula is C30H31Br2N3O4. The summed E-state index contributed by atoms with van der Waals surface area (Å²) in [4.78, 5) is 24.3. The van der Waals surface area contributed by atoms with E-state index in [1.165, 1.54) is 0 Å². The van der Waals surface area contributed by atoms with Crippen molar-refractivity contribution in [3.63, 3.8) is 0 Å². The molecule has 0 aliphatic carbocycles. The van der Waals surface area contributed by atoms with Gasteiger partial charge < -0.3 is 14.8 Å². The Hall–Kier alpha value is -3.43. The summed E-state index contributed by atoms with van der Waals surface area (Å²) >= 11 is 6.81. The van der Waals surface area contributed by atoms with Crippen LogP contribution >= 0.6 is 31.9 Å². The largest absolute Gasteiger partial charge is 0.490 e. The van der Waals surface area contributed by atoms with E-state index >= 15 is 0 Å². The molecule has 0 aromatic heterocycles. The fraction of sp³-hybridized carbons (Fsp3) is 0.233. The van der Waals surface area contributed by atoms with Crippen LogP contribution in [0.4, 0.5) is 5.69 Å². The number of allylic oxidation sites excluding steroid dienone is 1. The molecule has 0 radical (unpaired) electrons. The van der Waals surface area contributed by atoms with Crippen LogP contribution in [0.1, 0.15) is 42.9 Å². The first-order valence-electron chi connectivity index (χ1n) is 12.5. The quantitative estimate of drug-likeness (QED) is 0.109. The van der Waals surface area contributed by atoms with Crippen LogP contribution in [0.2, 0.25) is 0 Å². The number of benzene rings is 3. The Balaban J connectivity index is 1.56. The van der Waals surface area contributed by atoms with Crippen LogP contribution in [-0.4, -0.2) is 24.6 Å². The second kappa shape index (κ2) is 15.9. The first-order valence-corrected chi connectivity index (χ1v) is 14.1. The van der Waals surface area contributed by atoms with Crippen LogP contribution in [0.15, 0.2) is 87.4 Å². The highest BCUT2D eigenvalue weighted by Gasteiger charge is 2.13. The number of nitrogens with one attached hydrogen (secondary N) is 2. The van der Waals surface area contributed by atoms with Crippen molar-refractivity contribution in [2.45, 2.75) is 39.2 Å². The molecule has 3 aromatic rings. The first-order chi connectivity index (χ1) is 18.9. The van der Waals surface area contributed by atoms with Gasteiger partial charge in [0.15, 0.2) is 11.5 Å². The summed E-state index contributed by atoms with van der Waals surface area (Å²) in [5.41, 5.74) is 5.92. The van der Waals surface area contributed by atoms with E-state index in [1.807, 2.05) is 67.6 Å². The molecule has 3 aromatic carbocycles. The van der Waals surface area contributed by atoms with Gasteiger partial charge in [-0.3, -0.25) is 9.59 Å². The zero-order chi connectivity index (χ0) is 28.0. The third-order valence-corrected chi connectivity index (χ3v) is 6.51. The van der Waals surface area contributed by atoms with Crippen molar-refractivity contribution in [2.75, 3.05) is 11.9 Å². The van der Waals surface area contributed by atoms with Crippen molar-refractivity contribution in [2.24, 2.45) is 5.10 Å². The lowest BCUT2D eigenvalue weighted by atomic mass is 10.1. The molecule has 0 aliphatic rings. The van der Waals surface area contributed by atoms with Crippen molar-refractivity contribution in [3.8, 4) is 11.5 Å². The van der Waals surface area contributed by atoms with Crippen LogP contribution in [0.5, 0.6) is 11.5 Å². The van der Waals surface area contributed by atoms with E-state index in [0.717, 1.165) is 25.6 Å². The van der Waals surface area contributed by atoms with Gasteiger partial charge in [0.1, 0.15) is 6.61 Å². The summed E-state index contributed by atoms with van der Waals surface area (Å²) < 4.78 is 14.0. The number of amides is 2. The van der Waals surface area contributed by atoms with Crippen LogP contribution in [-0.2, 0) is 22.6 Å². The molecule has 0 unspecified atom stereocenters. The monoisotopic (exact) mass is 655 g/mol. The van der Waals surface area contributed by atoms with Gasteiger partial charge >= 0.3 is 0 Å². The van der Waals surface area contributed by atoms with E-state index < -0.39 is 0 Å². The maximum absolute atomic E-state index is 12.2. The summed E-state index contributed by atoms with van der Waals surface area (Å²) in [5, 5.41) is 6.90. The van der Waals surface area contributed by atoms with E-state index in [1.54, 1.807) is 12.3 Å². The van der Waals surface area contributed by atoms with Gasteiger partial charge in [0, 0.05) is 33.0 Å². The predicted octanol–water partition coefficient (Wildman–Crippen LogP) is 7.18. The Morgan fingerprint density at radius 2 is 1.62 bits per heavy atom. The molecule has 0 atom stereocenters. The van der Waals surface area contributed by atoms with Crippen molar-refractivity contribution >= 4 is 55.6 Å². The van der Waals surface area contributed by atoms with Crippen LogP contribution < -0.4 is 20.2 Å². The van der Waals surface area contributed by atoms with E-state index in [0.29, 0.717) is 43.2 Å². The summed E-state index contributed by atoms with van der Waals surface area (Å²) in [7, 11) is 0. The van der Waals surface area contributed by atoms with Gasteiger partial charge in [-0.15, -0.1) is 6.58 Å². The Kier molecular flexibility index (Phi) is 12.2. The number of hydrazone groups is 1. The van der Waals surface area contributed by atoms with Gasteiger partial charge in [-0.2, -0.15) is 5.10 Å². The van der Waals surface area contributed by atoms with Gasteiger partial charge in [0.05, 0.1) is 12.8 Å². The number of carbonyl (C=O) groups is 2. The van der Waals surface area contributed by atoms with E-state index in [4.69, 9.17) is 9.47 Å². The lowest BCUT2D eigenvalue weighted by Gasteiger charge is -2.17. The molecule has 39 heavy (non-hydrogen) atoms. The van der Waals surface area contributed by atoms with E-state index in [9.17, 15) is 9.59 Å². The number of rotatable bonds is 14. The first kappa shape index (κ1) is 30.1. The number of anilines is 1. The zero-order valence-corrected chi connectivity index (χ0v) is 24.9. The standard InChI is InChI=1S/C30H31Br2N3O4/c1-3-6-23-17-22(18-27(38-4-2)30(23)39-20-21-9-11-24(31)12-10-21)19-33-35-29(37)8-5-7-28(36)34-26-15-13-25(32)14-16-26/h3,9-19H,1,4-8,20H2,2H3,(H,34,36)(H,35,37)/b33-19-. The topological polar surface area (TPSA) is 89.0 Å². The van der Waals surface area contributed by atoms with Gasteiger partial charge in [-0.05, 0) is 79.4 Å². The number of hydrogen-bond donors (Lipinski definition) is 2. The molecule has 0 saturated carbocycles. The second-order valence-corrected chi connectivity index (χ2v) is 10.4. The van der Waals surface area contributed by atoms with Crippen LogP contribution in [0, 0.1) is 0 Å². The Bertz CT molecular complexity index is 1290. The summed E-state index contributed by atoms with van der Waals surface area (Å²) in [6, 6.07) is 19.0. The smallest absolute Gasteiger partial charge is 0.240 e. The normalized spacial score (nSPS) is 10.7. The molecule has 7 nitrogen and oxygen atoms in total. The minimum Gasteiger partial charge on any atom is -0.490 e. The molecule has 0 fully saturated rings. The van der Waals surface area contributed by atoms with Gasteiger partial charge in [0.2, 0.25) is 11.8 Å². The minimum atomic E-state index is -0.270. The zero-order valence-electron chi connectivity index (χ0n) is 21.7. The molecule has 204 valence electrons. The molecule has 3 rings (SSSR count). The predicted molar refractivity (Wildman–Crippen MR) is 162 cm³/mol. The Labute approximate surface area is 245 Å². The molecule has 0 bridgehead atoms. The highest BCUT2D eigenvalue weighted by Crippen LogP contribution is 2.34. The highest BCUT2D eigenvalue weighted by molar-refractivity contribution is 9.10. The molecule has 2 amide bonds. The minimum absolute atomic E-state index is 0.144. The fourth-order valence-corrected chi connectivity index (χ4v) is 4.16. The highest BCUT2D eigenvalue weighted by atomic mass is 79.9. The lowest BCUT2D eigenvalue weighted by molar-refractivity contribution is -0.121. The van der Waals surface area contributed by atoms with Crippen molar-refractivity contribution in [1.29, 1.82) is 0 Å². The van der Waals surface area contributed by atoms with Crippen LogP contribution in [0.25, 0.3) is 0 Å². The number of carbonyl (C=O) groups excluding carboxylic acids is 2. The summed E-state index contributed by atoms with van der Waals surface area (Å²) in [6.07, 6.45) is 4.76. The number of ether oxygens (including phenoxy) is 2. The van der Waals surface area contributed by atoms with E-state index in [-0.39, 0.29) is 24.7 Å². The molecule has 2 N–H and O–H groups in total. The number of nitrogens with zero attached hydrogens (tertiary/aromatic N) is 1. The Morgan fingerprint density at radius 1 is 0.949 bits per heavy atom. The van der Waals surface area contributed by atoms with Gasteiger partial charge in [-0.1, -0.05) is 50.1 Å². The Morgan fingerprint density at radius 3 is 2.28 bits per heavy atom. The maximum Gasteiger partial charge on any atom is 0.240 e. The third kappa shape index (κ3) is 10.3. The van der Waals surface area contributed by atoms with E-state index in [2.05, 4.69) is 54.3 Å². The molecule has 9 heteroatoms. The molecule has 0 spiro atoms. The van der Waals surface area contributed by atoms with Crippen LogP contribution in [0.3, 0.4) is 0 Å². The maximum atomic E-state index is 12.2.